The van der Waals surface area contributed by atoms with Gasteiger partial charge in [0.2, 0.25) is 0 Å². The molecule has 0 radical (unpaired) electrons. The summed E-state index contributed by atoms with van der Waals surface area (Å²) in [6.07, 6.45) is -0.678. The topological polar surface area (TPSA) is 93.7 Å². The molecule has 0 saturated carbocycles. The van der Waals surface area contributed by atoms with Gasteiger partial charge in [-0.2, -0.15) is 0 Å². The Kier molecular flexibility index (Phi) is 7.70. The molecular formula is C17H23ClN2O5. The fraction of sp³-hybridized carbons (Fsp3) is 0.471. The van der Waals surface area contributed by atoms with Gasteiger partial charge in [0.25, 0.3) is 5.91 Å². The fourth-order valence-corrected chi connectivity index (χ4v) is 1.98. The number of aryl methyl sites for hydroxylation is 1. The van der Waals surface area contributed by atoms with Gasteiger partial charge in [-0.3, -0.25) is 9.59 Å². The number of hydrogen-bond acceptors (Lipinski definition) is 5. The zero-order valence-electron chi connectivity index (χ0n) is 14.8. The number of amides is 2. The first-order valence-corrected chi connectivity index (χ1v) is 8.13. The highest BCUT2D eigenvalue weighted by Gasteiger charge is 2.16. The number of esters is 1. The van der Waals surface area contributed by atoms with E-state index in [1.54, 1.807) is 45.9 Å². The first kappa shape index (κ1) is 20.8. The van der Waals surface area contributed by atoms with Crippen molar-refractivity contribution in [2.24, 2.45) is 0 Å². The second-order valence-corrected chi connectivity index (χ2v) is 6.78. The highest BCUT2D eigenvalue weighted by atomic mass is 35.5. The van der Waals surface area contributed by atoms with Gasteiger partial charge in [0.1, 0.15) is 5.60 Å². The predicted octanol–water partition coefficient (Wildman–Crippen LogP) is 3.04. The van der Waals surface area contributed by atoms with Gasteiger partial charge in [-0.15, -0.1) is 0 Å². The van der Waals surface area contributed by atoms with Crippen LogP contribution in [0, 0.1) is 6.92 Å². The third kappa shape index (κ3) is 8.95. The van der Waals surface area contributed by atoms with E-state index in [4.69, 9.17) is 21.1 Å². The lowest BCUT2D eigenvalue weighted by Gasteiger charge is -2.19. The Hall–Kier alpha value is -2.28. The van der Waals surface area contributed by atoms with E-state index in [9.17, 15) is 14.4 Å². The van der Waals surface area contributed by atoms with Gasteiger partial charge in [0.15, 0.2) is 6.61 Å². The van der Waals surface area contributed by atoms with E-state index in [1.165, 1.54) is 0 Å². The summed E-state index contributed by atoms with van der Waals surface area (Å²) in [4.78, 5) is 34.8. The second-order valence-electron chi connectivity index (χ2n) is 6.35. The first-order chi connectivity index (χ1) is 11.6. The zero-order chi connectivity index (χ0) is 19.0. The van der Waals surface area contributed by atoms with Crippen LogP contribution >= 0.6 is 11.6 Å². The van der Waals surface area contributed by atoms with Gasteiger partial charge >= 0.3 is 12.1 Å². The average Bonchev–Trinajstić information content (AvgIpc) is 2.46. The number of carbonyl (C=O) groups excluding carboxylic acids is 3. The van der Waals surface area contributed by atoms with Gasteiger partial charge in [-0.1, -0.05) is 11.6 Å². The Morgan fingerprint density at radius 3 is 2.48 bits per heavy atom. The number of alkyl carbamates (subject to hydrolysis) is 1. The monoisotopic (exact) mass is 370 g/mol. The molecule has 0 aliphatic carbocycles. The molecule has 7 nitrogen and oxygen atoms in total. The number of halogens is 1. The van der Waals surface area contributed by atoms with Crippen LogP contribution in [0.3, 0.4) is 0 Å². The van der Waals surface area contributed by atoms with Crippen LogP contribution in [0.4, 0.5) is 10.5 Å². The number of rotatable bonds is 6. The van der Waals surface area contributed by atoms with Crippen molar-refractivity contribution in [3.63, 3.8) is 0 Å². The number of anilines is 1. The molecule has 138 valence electrons. The minimum absolute atomic E-state index is 0.0612. The summed E-state index contributed by atoms with van der Waals surface area (Å²) in [5, 5.41) is 5.63. The van der Waals surface area contributed by atoms with Crippen LogP contribution in [0.25, 0.3) is 0 Å². The van der Waals surface area contributed by atoms with Crippen molar-refractivity contribution in [3.8, 4) is 0 Å². The predicted molar refractivity (Wildman–Crippen MR) is 94.6 cm³/mol. The van der Waals surface area contributed by atoms with Gasteiger partial charge in [0.05, 0.1) is 6.42 Å². The molecule has 0 heterocycles. The van der Waals surface area contributed by atoms with Crippen molar-refractivity contribution >= 4 is 35.3 Å². The lowest BCUT2D eigenvalue weighted by molar-refractivity contribution is -0.147. The molecule has 1 rings (SSSR count). The maximum Gasteiger partial charge on any atom is 0.407 e. The maximum atomic E-state index is 11.8. The second kappa shape index (κ2) is 9.27. The molecule has 0 bridgehead atoms. The lowest BCUT2D eigenvalue weighted by atomic mass is 10.2. The summed E-state index contributed by atoms with van der Waals surface area (Å²) in [5.74, 6) is -1.06. The molecule has 0 unspecified atom stereocenters. The Morgan fingerprint density at radius 2 is 1.88 bits per heavy atom. The summed E-state index contributed by atoms with van der Waals surface area (Å²) in [7, 11) is 0. The van der Waals surface area contributed by atoms with E-state index >= 15 is 0 Å². The molecule has 25 heavy (non-hydrogen) atoms. The smallest absolute Gasteiger partial charge is 0.407 e. The summed E-state index contributed by atoms with van der Waals surface area (Å²) >= 11 is 5.84. The van der Waals surface area contributed by atoms with Crippen molar-refractivity contribution in [1.82, 2.24) is 5.32 Å². The molecule has 2 amide bonds. The fourth-order valence-electron chi connectivity index (χ4n) is 1.75. The van der Waals surface area contributed by atoms with Crippen LogP contribution in [-0.4, -0.2) is 36.7 Å². The molecule has 0 aliphatic rings. The zero-order valence-corrected chi connectivity index (χ0v) is 15.5. The largest absolute Gasteiger partial charge is 0.456 e. The molecule has 1 aromatic rings. The van der Waals surface area contributed by atoms with E-state index in [0.717, 1.165) is 5.56 Å². The Morgan fingerprint density at radius 1 is 1.20 bits per heavy atom. The number of benzene rings is 1. The maximum absolute atomic E-state index is 11.8. The van der Waals surface area contributed by atoms with Crippen LogP contribution in [0.5, 0.6) is 0 Å². The molecule has 0 fully saturated rings. The Labute approximate surface area is 152 Å². The molecule has 0 atom stereocenters. The summed E-state index contributed by atoms with van der Waals surface area (Å²) in [5.41, 5.74) is 0.786. The quantitative estimate of drug-likeness (QED) is 0.750. The van der Waals surface area contributed by atoms with Crippen molar-refractivity contribution < 1.29 is 23.9 Å². The summed E-state index contributed by atoms with van der Waals surface area (Å²) in [6.45, 7) is 6.67. The molecule has 2 N–H and O–H groups in total. The SMILES string of the molecule is Cc1cc(Cl)ccc1NC(=O)COC(=O)CCNC(=O)OC(C)(C)C. The number of ether oxygens (including phenoxy) is 2. The minimum Gasteiger partial charge on any atom is -0.456 e. The normalized spacial score (nSPS) is 10.8. The molecule has 0 spiro atoms. The molecule has 1 aromatic carbocycles. The molecule has 0 aromatic heterocycles. The standard InChI is InChI=1S/C17H23ClN2O5/c1-11-9-12(18)5-6-13(11)20-14(21)10-24-15(22)7-8-19-16(23)25-17(2,3)4/h5-6,9H,7-8,10H2,1-4H3,(H,19,23)(H,20,21). The number of nitrogens with one attached hydrogen (secondary N) is 2. The van der Waals surface area contributed by atoms with Crippen molar-refractivity contribution in [3.05, 3.63) is 28.8 Å². The number of carbonyl (C=O) groups is 3. The van der Waals surface area contributed by atoms with E-state index in [-0.39, 0.29) is 13.0 Å². The molecule has 8 heteroatoms. The lowest BCUT2D eigenvalue weighted by Crippen LogP contribution is -2.34. The van der Waals surface area contributed by atoms with Gasteiger partial charge in [-0.25, -0.2) is 4.79 Å². The van der Waals surface area contributed by atoms with Crippen LogP contribution in [0.1, 0.15) is 32.8 Å². The third-order valence-corrected chi connectivity index (χ3v) is 3.06. The van der Waals surface area contributed by atoms with E-state index in [2.05, 4.69) is 10.6 Å². The van der Waals surface area contributed by atoms with Crippen molar-refractivity contribution in [2.45, 2.75) is 39.7 Å². The minimum atomic E-state index is -0.615. The van der Waals surface area contributed by atoms with Crippen LogP contribution in [0.15, 0.2) is 18.2 Å². The van der Waals surface area contributed by atoms with Crippen LogP contribution in [0.2, 0.25) is 5.02 Å². The van der Waals surface area contributed by atoms with E-state index < -0.39 is 30.2 Å². The number of hydrogen-bond donors (Lipinski definition) is 2. The third-order valence-electron chi connectivity index (χ3n) is 2.82. The van der Waals surface area contributed by atoms with Crippen LogP contribution in [-0.2, 0) is 19.1 Å². The highest BCUT2D eigenvalue weighted by molar-refractivity contribution is 6.30. The van der Waals surface area contributed by atoms with Gasteiger partial charge < -0.3 is 20.1 Å². The summed E-state index contributed by atoms with van der Waals surface area (Å²) < 4.78 is 9.88. The molecular weight excluding hydrogens is 348 g/mol. The van der Waals surface area contributed by atoms with Crippen LogP contribution < -0.4 is 10.6 Å². The summed E-state index contributed by atoms with van der Waals surface area (Å²) in [6, 6.07) is 5.03. The first-order valence-electron chi connectivity index (χ1n) is 7.75. The van der Waals surface area contributed by atoms with E-state index in [1.807, 2.05) is 0 Å². The Balaban J connectivity index is 2.27. The Bertz CT molecular complexity index is 640. The molecule has 0 aliphatic heterocycles. The highest BCUT2D eigenvalue weighted by Crippen LogP contribution is 2.19. The average molecular weight is 371 g/mol. The van der Waals surface area contributed by atoms with Crippen molar-refractivity contribution in [2.75, 3.05) is 18.5 Å². The molecule has 0 saturated heterocycles. The van der Waals surface area contributed by atoms with Gasteiger partial charge in [0, 0.05) is 17.3 Å². The van der Waals surface area contributed by atoms with Crippen molar-refractivity contribution in [1.29, 1.82) is 0 Å². The van der Waals surface area contributed by atoms with E-state index in [0.29, 0.717) is 10.7 Å². The van der Waals surface area contributed by atoms with Gasteiger partial charge in [-0.05, 0) is 51.5 Å².